The predicted octanol–water partition coefficient (Wildman–Crippen LogP) is 3.16. The standard InChI is InChI=1S/C12H13BrO2/c1-8-6-10(13)3-2-9(8)7-12(4-5-12)11(14)15/h2-3,6H,4-5,7H2,1H3,(H,14,15). The molecule has 0 aromatic heterocycles. The van der Waals surface area contributed by atoms with E-state index in [4.69, 9.17) is 5.11 Å². The van der Waals surface area contributed by atoms with Crippen molar-refractivity contribution in [2.45, 2.75) is 26.2 Å². The van der Waals surface area contributed by atoms with Crippen LogP contribution in [0.5, 0.6) is 0 Å². The molecule has 1 fully saturated rings. The van der Waals surface area contributed by atoms with Crippen LogP contribution in [0, 0.1) is 12.3 Å². The van der Waals surface area contributed by atoms with Gasteiger partial charge in [0, 0.05) is 4.47 Å². The summed E-state index contributed by atoms with van der Waals surface area (Å²) in [6.45, 7) is 2.03. The van der Waals surface area contributed by atoms with E-state index in [2.05, 4.69) is 15.9 Å². The monoisotopic (exact) mass is 268 g/mol. The summed E-state index contributed by atoms with van der Waals surface area (Å²) >= 11 is 3.40. The fourth-order valence-electron chi connectivity index (χ4n) is 1.84. The van der Waals surface area contributed by atoms with E-state index in [1.165, 1.54) is 0 Å². The predicted molar refractivity (Wildman–Crippen MR) is 61.9 cm³/mol. The molecule has 1 aromatic carbocycles. The van der Waals surface area contributed by atoms with E-state index in [0.29, 0.717) is 6.42 Å². The Bertz CT molecular complexity index is 408. The second kappa shape index (κ2) is 3.63. The lowest BCUT2D eigenvalue weighted by molar-refractivity contribution is -0.143. The van der Waals surface area contributed by atoms with Gasteiger partial charge in [0.05, 0.1) is 5.41 Å². The SMILES string of the molecule is Cc1cc(Br)ccc1CC1(C(=O)O)CC1. The summed E-state index contributed by atoms with van der Waals surface area (Å²) in [6, 6.07) is 6.02. The highest BCUT2D eigenvalue weighted by molar-refractivity contribution is 9.10. The van der Waals surface area contributed by atoms with Gasteiger partial charge < -0.3 is 5.11 Å². The molecule has 0 aliphatic heterocycles. The lowest BCUT2D eigenvalue weighted by atomic mass is 9.94. The number of aliphatic carboxylic acids is 1. The Morgan fingerprint density at radius 1 is 1.53 bits per heavy atom. The summed E-state index contributed by atoms with van der Waals surface area (Å²) in [5, 5.41) is 9.10. The van der Waals surface area contributed by atoms with Gasteiger partial charge in [0.2, 0.25) is 0 Å². The van der Waals surface area contributed by atoms with Gasteiger partial charge in [0.15, 0.2) is 0 Å². The van der Waals surface area contributed by atoms with Crippen LogP contribution in [-0.2, 0) is 11.2 Å². The molecule has 0 spiro atoms. The molecule has 1 aromatic rings. The zero-order valence-electron chi connectivity index (χ0n) is 8.59. The third-order valence-corrected chi connectivity index (χ3v) is 3.63. The van der Waals surface area contributed by atoms with Crippen molar-refractivity contribution in [1.29, 1.82) is 0 Å². The Balaban J connectivity index is 2.21. The molecule has 3 heteroatoms. The minimum absolute atomic E-state index is 0.460. The van der Waals surface area contributed by atoms with Crippen LogP contribution in [0.3, 0.4) is 0 Å². The van der Waals surface area contributed by atoms with Gasteiger partial charge in [-0.1, -0.05) is 22.0 Å². The van der Waals surface area contributed by atoms with Gasteiger partial charge in [-0.2, -0.15) is 0 Å². The number of hydrogen-bond acceptors (Lipinski definition) is 1. The summed E-state index contributed by atoms with van der Waals surface area (Å²) < 4.78 is 1.05. The van der Waals surface area contributed by atoms with Gasteiger partial charge in [-0.05, 0) is 49.4 Å². The molecule has 0 atom stereocenters. The lowest BCUT2D eigenvalue weighted by Gasteiger charge is -2.12. The molecule has 1 N–H and O–H groups in total. The van der Waals surface area contributed by atoms with E-state index in [1.54, 1.807) is 0 Å². The molecular weight excluding hydrogens is 256 g/mol. The van der Waals surface area contributed by atoms with Crippen molar-refractivity contribution in [3.05, 3.63) is 33.8 Å². The molecule has 2 nitrogen and oxygen atoms in total. The number of aryl methyl sites for hydroxylation is 1. The summed E-state index contributed by atoms with van der Waals surface area (Å²) in [5.74, 6) is -0.648. The fraction of sp³-hybridized carbons (Fsp3) is 0.417. The summed E-state index contributed by atoms with van der Waals surface area (Å²) in [6.07, 6.45) is 2.30. The highest BCUT2D eigenvalue weighted by Crippen LogP contribution is 2.49. The average Bonchev–Trinajstić information content (AvgIpc) is 2.91. The minimum Gasteiger partial charge on any atom is -0.481 e. The third-order valence-electron chi connectivity index (χ3n) is 3.14. The van der Waals surface area contributed by atoms with E-state index >= 15 is 0 Å². The Morgan fingerprint density at radius 2 is 2.20 bits per heavy atom. The molecule has 0 radical (unpaired) electrons. The third kappa shape index (κ3) is 2.07. The highest BCUT2D eigenvalue weighted by atomic mass is 79.9. The van der Waals surface area contributed by atoms with Gasteiger partial charge in [0.1, 0.15) is 0 Å². The molecule has 1 saturated carbocycles. The van der Waals surface area contributed by atoms with Crippen molar-refractivity contribution in [2.24, 2.45) is 5.41 Å². The van der Waals surface area contributed by atoms with Gasteiger partial charge in [-0.3, -0.25) is 4.79 Å². The van der Waals surface area contributed by atoms with Gasteiger partial charge in [-0.25, -0.2) is 0 Å². The van der Waals surface area contributed by atoms with Gasteiger partial charge >= 0.3 is 5.97 Å². The van der Waals surface area contributed by atoms with Crippen LogP contribution in [0.25, 0.3) is 0 Å². The highest BCUT2D eigenvalue weighted by Gasteiger charge is 2.50. The molecule has 0 unspecified atom stereocenters. The average molecular weight is 269 g/mol. The van der Waals surface area contributed by atoms with E-state index in [9.17, 15) is 4.79 Å². The minimum atomic E-state index is -0.648. The van der Waals surface area contributed by atoms with Gasteiger partial charge in [-0.15, -0.1) is 0 Å². The number of benzene rings is 1. The zero-order valence-corrected chi connectivity index (χ0v) is 10.2. The smallest absolute Gasteiger partial charge is 0.309 e. The second-order valence-corrected chi connectivity index (χ2v) is 5.25. The molecule has 15 heavy (non-hydrogen) atoms. The Labute approximate surface area is 97.4 Å². The Kier molecular flexibility index (Phi) is 2.59. The molecule has 1 aliphatic carbocycles. The van der Waals surface area contributed by atoms with Crippen LogP contribution in [0.2, 0.25) is 0 Å². The number of rotatable bonds is 3. The number of carbonyl (C=O) groups is 1. The molecule has 0 amide bonds. The zero-order chi connectivity index (χ0) is 11.1. The molecule has 1 aliphatic rings. The maximum absolute atomic E-state index is 11.1. The number of halogens is 1. The van der Waals surface area contributed by atoms with Crippen molar-refractivity contribution >= 4 is 21.9 Å². The first-order chi connectivity index (χ1) is 7.03. The van der Waals surface area contributed by atoms with Crippen molar-refractivity contribution in [3.63, 3.8) is 0 Å². The van der Waals surface area contributed by atoms with Gasteiger partial charge in [0.25, 0.3) is 0 Å². The Hall–Kier alpha value is -0.830. The topological polar surface area (TPSA) is 37.3 Å². The summed E-state index contributed by atoms with van der Waals surface area (Å²) in [4.78, 5) is 11.1. The fourth-order valence-corrected chi connectivity index (χ4v) is 2.31. The first kappa shape index (κ1) is 10.7. The largest absolute Gasteiger partial charge is 0.481 e. The van der Waals surface area contributed by atoms with E-state index in [0.717, 1.165) is 28.4 Å². The number of carboxylic acids is 1. The normalized spacial score (nSPS) is 17.5. The molecule has 0 bridgehead atoms. The van der Waals surface area contributed by atoms with E-state index in [1.807, 2.05) is 25.1 Å². The Morgan fingerprint density at radius 3 is 2.67 bits per heavy atom. The van der Waals surface area contributed by atoms with Crippen LogP contribution in [0.4, 0.5) is 0 Å². The molecule has 0 saturated heterocycles. The molecule has 0 heterocycles. The van der Waals surface area contributed by atoms with Crippen molar-refractivity contribution in [2.75, 3.05) is 0 Å². The second-order valence-electron chi connectivity index (χ2n) is 4.33. The van der Waals surface area contributed by atoms with E-state index in [-0.39, 0.29) is 0 Å². The quantitative estimate of drug-likeness (QED) is 0.915. The van der Waals surface area contributed by atoms with Crippen molar-refractivity contribution < 1.29 is 9.90 Å². The van der Waals surface area contributed by atoms with Crippen molar-refractivity contribution in [3.8, 4) is 0 Å². The van der Waals surface area contributed by atoms with E-state index < -0.39 is 11.4 Å². The van der Waals surface area contributed by atoms with Crippen LogP contribution in [-0.4, -0.2) is 11.1 Å². The molecular formula is C12H13BrO2. The summed E-state index contributed by atoms with van der Waals surface area (Å²) in [7, 11) is 0. The maximum atomic E-state index is 11.1. The lowest BCUT2D eigenvalue weighted by Crippen LogP contribution is -2.18. The van der Waals surface area contributed by atoms with Crippen LogP contribution >= 0.6 is 15.9 Å². The van der Waals surface area contributed by atoms with Crippen LogP contribution in [0.1, 0.15) is 24.0 Å². The first-order valence-corrected chi connectivity index (χ1v) is 5.81. The number of carboxylic acid groups (broad SMARTS) is 1. The van der Waals surface area contributed by atoms with Crippen molar-refractivity contribution in [1.82, 2.24) is 0 Å². The molecule has 80 valence electrons. The number of hydrogen-bond donors (Lipinski definition) is 1. The first-order valence-electron chi connectivity index (χ1n) is 5.02. The maximum Gasteiger partial charge on any atom is 0.309 e. The van der Waals surface area contributed by atoms with Crippen LogP contribution in [0.15, 0.2) is 22.7 Å². The van der Waals surface area contributed by atoms with Crippen LogP contribution < -0.4 is 0 Å². The summed E-state index contributed by atoms with van der Waals surface area (Å²) in [5.41, 5.74) is 1.86. The molecule has 2 rings (SSSR count).